The van der Waals surface area contributed by atoms with Crippen LogP contribution in [-0.2, 0) is 4.74 Å². The van der Waals surface area contributed by atoms with Crippen molar-refractivity contribution in [3.63, 3.8) is 0 Å². The molecule has 1 heterocycles. The first-order valence-corrected chi connectivity index (χ1v) is 2.97. The van der Waals surface area contributed by atoms with E-state index in [1.54, 1.807) is 0 Å². The van der Waals surface area contributed by atoms with Crippen molar-refractivity contribution in [3.05, 3.63) is 0 Å². The third-order valence-electron chi connectivity index (χ3n) is 2.38. The van der Waals surface area contributed by atoms with Crippen LogP contribution in [0, 0.1) is 17.8 Å². The predicted molar refractivity (Wildman–Crippen MR) is 27.0 cm³/mol. The van der Waals surface area contributed by atoms with Gasteiger partial charge in [-0.2, -0.15) is 0 Å². The first-order chi connectivity index (χ1) is 3.39. The maximum absolute atomic E-state index is 5.18. The summed E-state index contributed by atoms with van der Waals surface area (Å²) < 4.78 is 5.18. The molecule has 0 N–H and O–H groups in total. The van der Waals surface area contributed by atoms with Gasteiger partial charge in [-0.3, -0.25) is 0 Å². The van der Waals surface area contributed by atoms with Crippen molar-refractivity contribution in [1.29, 1.82) is 0 Å². The second kappa shape index (κ2) is 1.03. The molecule has 0 bridgehead atoms. The van der Waals surface area contributed by atoms with E-state index in [-0.39, 0.29) is 0 Å². The van der Waals surface area contributed by atoms with E-state index in [0.29, 0.717) is 0 Å². The predicted octanol–water partition coefficient (Wildman–Crippen LogP) is 0.899. The average molecular weight is 98.1 g/mol. The molecule has 1 saturated carbocycles. The molecule has 1 aliphatic heterocycles. The molecule has 1 saturated heterocycles. The molecule has 3 atom stereocenters. The number of hydrogen-bond acceptors (Lipinski definition) is 1. The third kappa shape index (κ3) is 0.367. The first kappa shape index (κ1) is 3.90. The third-order valence-corrected chi connectivity index (χ3v) is 2.38. The minimum Gasteiger partial charge on any atom is -0.381 e. The molecule has 0 radical (unpaired) electrons. The Labute approximate surface area is 43.7 Å². The summed E-state index contributed by atoms with van der Waals surface area (Å²) in [4.78, 5) is 0. The Morgan fingerprint density at radius 1 is 1.29 bits per heavy atom. The summed E-state index contributed by atoms with van der Waals surface area (Å²) in [6.07, 6.45) is 0. The zero-order valence-corrected chi connectivity index (χ0v) is 4.55. The molecule has 1 unspecified atom stereocenters. The molecule has 0 amide bonds. The van der Waals surface area contributed by atoms with E-state index in [2.05, 4.69) is 6.92 Å². The summed E-state index contributed by atoms with van der Waals surface area (Å²) in [6, 6.07) is 0. The van der Waals surface area contributed by atoms with Gasteiger partial charge in [0, 0.05) is 0 Å². The summed E-state index contributed by atoms with van der Waals surface area (Å²) in [6.45, 7) is 4.41. The molecule has 2 rings (SSSR count). The molecule has 2 fully saturated rings. The second-order valence-corrected chi connectivity index (χ2v) is 2.72. The zero-order chi connectivity index (χ0) is 4.85. The van der Waals surface area contributed by atoms with Gasteiger partial charge in [0.1, 0.15) is 0 Å². The van der Waals surface area contributed by atoms with E-state index in [0.717, 1.165) is 31.0 Å². The van der Waals surface area contributed by atoms with Crippen LogP contribution in [0.4, 0.5) is 0 Å². The molecule has 2 aliphatic rings. The van der Waals surface area contributed by atoms with E-state index in [1.165, 1.54) is 0 Å². The normalized spacial score (nSPS) is 57.0. The van der Waals surface area contributed by atoms with Crippen molar-refractivity contribution >= 4 is 0 Å². The molecule has 0 spiro atoms. The van der Waals surface area contributed by atoms with Gasteiger partial charge in [0.15, 0.2) is 0 Å². The lowest BCUT2D eigenvalue weighted by atomic mass is 10.4. The maximum atomic E-state index is 5.18. The number of hydrogen-bond donors (Lipinski definition) is 0. The zero-order valence-electron chi connectivity index (χ0n) is 4.55. The molecule has 0 aromatic heterocycles. The Bertz CT molecular complexity index is 80.2. The van der Waals surface area contributed by atoms with Gasteiger partial charge in [-0.1, -0.05) is 6.92 Å². The van der Waals surface area contributed by atoms with E-state index in [4.69, 9.17) is 4.74 Å². The number of rotatable bonds is 0. The van der Waals surface area contributed by atoms with Crippen molar-refractivity contribution in [2.45, 2.75) is 6.92 Å². The largest absolute Gasteiger partial charge is 0.381 e. The molecular formula is C6H10O. The summed E-state index contributed by atoms with van der Waals surface area (Å²) in [5.41, 5.74) is 0. The van der Waals surface area contributed by atoms with Crippen LogP contribution in [0.3, 0.4) is 0 Å². The monoisotopic (exact) mass is 98.1 g/mol. The van der Waals surface area contributed by atoms with Crippen LogP contribution in [0.1, 0.15) is 6.92 Å². The molecule has 0 aromatic carbocycles. The summed E-state index contributed by atoms with van der Waals surface area (Å²) in [5.74, 6) is 2.91. The van der Waals surface area contributed by atoms with Gasteiger partial charge in [0.2, 0.25) is 0 Å². The van der Waals surface area contributed by atoms with E-state index < -0.39 is 0 Å². The molecule has 1 nitrogen and oxygen atoms in total. The summed E-state index contributed by atoms with van der Waals surface area (Å²) in [7, 11) is 0. The fraction of sp³-hybridized carbons (Fsp3) is 1.00. The SMILES string of the molecule is CC1[C@H]2COC[C@@H]12. The lowest BCUT2D eigenvalue weighted by molar-refractivity contribution is 0.154. The van der Waals surface area contributed by atoms with Crippen molar-refractivity contribution in [2.75, 3.05) is 13.2 Å². The fourth-order valence-corrected chi connectivity index (χ4v) is 1.53. The van der Waals surface area contributed by atoms with Crippen molar-refractivity contribution in [2.24, 2.45) is 17.8 Å². The van der Waals surface area contributed by atoms with Gasteiger partial charge >= 0.3 is 0 Å². The average Bonchev–Trinajstić information content (AvgIpc) is 2.26. The number of ether oxygens (including phenoxy) is 1. The Kier molecular flexibility index (Phi) is 0.571. The highest BCUT2D eigenvalue weighted by Crippen LogP contribution is 2.49. The van der Waals surface area contributed by atoms with Gasteiger partial charge in [0.25, 0.3) is 0 Å². The van der Waals surface area contributed by atoms with Crippen LogP contribution in [0.15, 0.2) is 0 Å². The van der Waals surface area contributed by atoms with Gasteiger partial charge in [-0.25, -0.2) is 0 Å². The van der Waals surface area contributed by atoms with Crippen LogP contribution < -0.4 is 0 Å². The Morgan fingerprint density at radius 2 is 1.86 bits per heavy atom. The molecular weight excluding hydrogens is 88.1 g/mol. The van der Waals surface area contributed by atoms with E-state index >= 15 is 0 Å². The fourth-order valence-electron chi connectivity index (χ4n) is 1.53. The molecule has 1 aliphatic carbocycles. The van der Waals surface area contributed by atoms with E-state index in [9.17, 15) is 0 Å². The van der Waals surface area contributed by atoms with Gasteiger partial charge in [-0.15, -0.1) is 0 Å². The van der Waals surface area contributed by atoms with Gasteiger partial charge in [0.05, 0.1) is 13.2 Å². The second-order valence-electron chi connectivity index (χ2n) is 2.72. The lowest BCUT2D eigenvalue weighted by Crippen LogP contribution is -1.93. The first-order valence-electron chi connectivity index (χ1n) is 2.97. The Hall–Kier alpha value is -0.0400. The Morgan fingerprint density at radius 3 is 2.14 bits per heavy atom. The minimum absolute atomic E-state index is 0.958. The molecule has 40 valence electrons. The van der Waals surface area contributed by atoms with E-state index in [1.807, 2.05) is 0 Å². The summed E-state index contributed by atoms with van der Waals surface area (Å²) in [5, 5.41) is 0. The highest BCUT2D eigenvalue weighted by Gasteiger charge is 2.50. The molecule has 0 aromatic rings. The van der Waals surface area contributed by atoms with Gasteiger partial charge < -0.3 is 4.74 Å². The van der Waals surface area contributed by atoms with Crippen molar-refractivity contribution in [1.82, 2.24) is 0 Å². The quantitative estimate of drug-likeness (QED) is 0.437. The van der Waals surface area contributed by atoms with Crippen LogP contribution in [0.5, 0.6) is 0 Å². The van der Waals surface area contributed by atoms with Crippen LogP contribution in [-0.4, -0.2) is 13.2 Å². The highest BCUT2D eigenvalue weighted by molar-refractivity contribution is 4.97. The van der Waals surface area contributed by atoms with Crippen LogP contribution in [0.25, 0.3) is 0 Å². The lowest BCUT2D eigenvalue weighted by Gasteiger charge is -1.93. The molecule has 7 heavy (non-hydrogen) atoms. The van der Waals surface area contributed by atoms with Crippen molar-refractivity contribution < 1.29 is 4.74 Å². The highest BCUT2D eigenvalue weighted by atomic mass is 16.5. The standard InChI is InChI=1S/C6H10O/c1-4-5-2-7-3-6(4)5/h4-6H,2-3H2,1H3/t4?,5-,6+. The number of fused-ring (bicyclic) bond motifs is 1. The van der Waals surface area contributed by atoms with Crippen LogP contribution in [0.2, 0.25) is 0 Å². The minimum atomic E-state index is 0.958. The van der Waals surface area contributed by atoms with Crippen LogP contribution >= 0.6 is 0 Å². The smallest absolute Gasteiger partial charge is 0.0500 e. The summed E-state index contributed by atoms with van der Waals surface area (Å²) >= 11 is 0. The maximum Gasteiger partial charge on any atom is 0.0500 e. The Balaban J connectivity index is 2.06. The topological polar surface area (TPSA) is 9.23 Å². The van der Waals surface area contributed by atoms with Gasteiger partial charge in [-0.05, 0) is 17.8 Å². The molecule has 1 heteroatoms. The van der Waals surface area contributed by atoms with Crippen molar-refractivity contribution in [3.8, 4) is 0 Å².